The first-order valence-corrected chi connectivity index (χ1v) is 7.24. The number of hydrogen-bond acceptors (Lipinski definition) is 6. The second-order valence-electron chi connectivity index (χ2n) is 3.67. The van der Waals surface area contributed by atoms with Crippen LogP contribution in [0.15, 0.2) is 33.6 Å². The molecule has 0 saturated heterocycles. The smallest absolute Gasteiger partial charge is 0.294 e. The number of thiophene rings is 1. The zero-order valence-electron chi connectivity index (χ0n) is 9.74. The van der Waals surface area contributed by atoms with Crippen molar-refractivity contribution in [3.8, 4) is 0 Å². The Kier molecular flexibility index (Phi) is 4.41. The van der Waals surface area contributed by atoms with E-state index in [4.69, 9.17) is 11.6 Å². The van der Waals surface area contributed by atoms with Gasteiger partial charge in [0.1, 0.15) is 9.24 Å². The molecule has 8 heteroatoms. The van der Waals surface area contributed by atoms with Crippen molar-refractivity contribution < 1.29 is 10.0 Å². The van der Waals surface area contributed by atoms with Gasteiger partial charge in [-0.2, -0.15) is 0 Å². The molecule has 1 N–H and O–H groups in total. The van der Waals surface area contributed by atoms with Crippen LogP contribution in [0.25, 0.3) is 0 Å². The molecule has 2 aromatic heterocycles. The van der Waals surface area contributed by atoms with Crippen LogP contribution >= 0.6 is 34.7 Å². The molecule has 5 nitrogen and oxygen atoms in total. The Morgan fingerprint density at radius 2 is 2.32 bits per heavy atom. The third-order valence-electron chi connectivity index (χ3n) is 2.20. The quantitative estimate of drug-likeness (QED) is 0.683. The van der Waals surface area contributed by atoms with Gasteiger partial charge in [-0.3, -0.25) is 10.1 Å². The Morgan fingerprint density at radius 3 is 2.84 bits per heavy atom. The average Bonchev–Trinajstić information content (AvgIpc) is 2.76. The summed E-state index contributed by atoms with van der Waals surface area (Å²) < 4.78 is 0.496. The molecule has 2 rings (SSSR count). The maximum absolute atomic E-state index is 11.0. The summed E-state index contributed by atoms with van der Waals surface area (Å²) in [5.74, 6) is 0. The van der Waals surface area contributed by atoms with Gasteiger partial charge in [-0.05, 0) is 19.1 Å². The van der Waals surface area contributed by atoms with E-state index < -0.39 is 11.0 Å². The van der Waals surface area contributed by atoms with Crippen molar-refractivity contribution >= 4 is 40.4 Å². The highest BCUT2D eigenvalue weighted by Gasteiger charge is 2.22. The third kappa shape index (κ3) is 3.44. The highest BCUT2D eigenvalue weighted by molar-refractivity contribution is 8.01. The molecule has 2 aromatic rings. The van der Waals surface area contributed by atoms with Gasteiger partial charge in [0.15, 0.2) is 0 Å². The second kappa shape index (κ2) is 5.87. The van der Waals surface area contributed by atoms with Crippen molar-refractivity contribution in [1.82, 2.24) is 4.98 Å². The predicted molar refractivity (Wildman–Crippen MR) is 75.0 cm³/mol. The first-order chi connectivity index (χ1) is 8.97. The van der Waals surface area contributed by atoms with E-state index in [2.05, 4.69) is 4.98 Å². The standard InChI is InChI=1S/C11H9ClN2O3S2/c1-6(15)9-4-8(14(16)17)11(18-9)19-10-3-2-7(12)5-13-10/h2-6,15H,1H3/t6-/m1/s1. The number of hydrogen-bond donors (Lipinski definition) is 1. The summed E-state index contributed by atoms with van der Waals surface area (Å²) in [4.78, 5) is 15.2. The van der Waals surface area contributed by atoms with E-state index in [1.165, 1.54) is 35.4 Å². The minimum atomic E-state index is -0.726. The van der Waals surface area contributed by atoms with Crippen LogP contribution in [-0.2, 0) is 0 Å². The summed E-state index contributed by atoms with van der Waals surface area (Å²) in [5.41, 5.74) is -0.0114. The molecular weight excluding hydrogens is 308 g/mol. The zero-order valence-corrected chi connectivity index (χ0v) is 12.1. The Morgan fingerprint density at radius 1 is 1.58 bits per heavy atom. The van der Waals surface area contributed by atoms with Crippen LogP contribution in [0.5, 0.6) is 0 Å². The van der Waals surface area contributed by atoms with Crippen LogP contribution in [0.4, 0.5) is 5.69 Å². The van der Waals surface area contributed by atoms with Gasteiger partial charge in [0.25, 0.3) is 5.69 Å². The van der Waals surface area contributed by atoms with Crippen LogP contribution in [0, 0.1) is 10.1 Å². The van der Waals surface area contributed by atoms with Crippen LogP contribution in [-0.4, -0.2) is 15.0 Å². The molecular formula is C11H9ClN2O3S2. The summed E-state index contributed by atoms with van der Waals surface area (Å²) in [7, 11) is 0. The third-order valence-corrected chi connectivity index (χ3v) is 4.86. The van der Waals surface area contributed by atoms with Gasteiger partial charge in [-0.15, -0.1) is 11.3 Å². The van der Waals surface area contributed by atoms with E-state index in [1.807, 2.05) is 0 Å². The summed E-state index contributed by atoms with van der Waals surface area (Å²) in [5, 5.41) is 21.6. The molecule has 1 atom stereocenters. The van der Waals surface area contributed by atoms with Crippen LogP contribution in [0.1, 0.15) is 17.9 Å². The summed E-state index contributed by atoms with van der Waals surface area (Å²) in [6.07, 6.45) is 0.759. The Labute approximate surface area is 122 Å². The van der Waals surface area contributed by atoms with Gasteiger partial charge in [-0.1, -0.05) is 23.4 Å². The topological polar surface area (TPSA) is 76.3 Å². The Hall–Kier alpha value is -1.15. The molecule has 0 aromatic carbocycles. The summed E-state index contributed by atoms with van der Waals surface area (Å²) in [6, 6.07) is 4.76. The number of nitro groups is 1. The van der Waals surface area contributed by atoms with Gasteiger partial charge in [0.2, 0.25) is 0 Å². The predicted octanol–water partition coefficient (Wildman–Crippen LogP) is 3.91. The SMILES string of the molecule is C[C@@H](O)c1cc([N+](=O)[O-])c(Sc2ccc(Cl)cn2)s1. The first-order valence-electron chi connectivity index (χ1n) is 5.23. The molecule has 0 aliphatic rings. The molecule has 2 heterocycles. The van der Waals surface area contributed by atoms with Gasteiger partial charge in [0.05, 0.1) is 16.0 Å². The van der Waals surface area contributed by atoms with Crippen LogP contribution in [0.3, 0.4) is 0 Å². The minimum Gasteiger partial charge on any atom is -0.388 e. The van der Waals surface area contributed by atoms with E-state index >= 15 is 0 Å². The summed E-state index contributed by atoms with van der Waals surface area (Å²) >= 11 is 8.11. The number of aliphatic hydroxyl groups is 1. The lowest BCUT2D eigenvalue weighted by Crippen LogP contribution is -1.87. The lowest BCUT2D eigenvalue weighted by molar-refractivity contribution is -0.387. The van der Waals surface area contributed by atoms with E-state index in [9.17, 15) is 15.2 Å². The van der Waals surface area contributed by atoms with Crippen molar-refractivity contribution in [2.24, 2.45) is 0 Å². The van der Waals surface area contributed by atoms with E-state index in [-0.39, 0.29) is 5.69 Å². The molecule has 0 aliphatic carbocycles. The monoisotopic (exact) mass is 316 g/mol. The molecule has 0 radical (unpaired) electrons. The molecule has 19 heavy (non-hydrogen) atoms. The maximum atomic E-state index is 11.0. The largest absolute Gasteiger partial charge is 0.388 e. The van der Waals surface area contributed by atoms with Crippen molar-refractivity contribution in [3.05, 3.63) is 44.4 Å². The van der Waals surface area contributed by atoms with Crippen molar-refractivity contribution in [3.63, 3.8) is 0 Å². The molecule has 0 fully saturated rings. The van der Waals surface area contributed by atoms with Crippen molar-refractivity contribution in [2.75, 3.05) is 0 Å². The van der Waals surface area contributed by atoms with E-state index in [1.54, 1.807) is 19.1 Å². The first kappa shape index (κ1) is 14.3. The normalized spacial score (nSPS) is 12.4. The molecule has 100 valence electrons. The number of nitrogens with zero attached hydrogens (tertiary/aromatic N) is 2. The van der Waals surface area contributed by atoms with Crippen molar-refractivity contribution in [1.29, 1.82) is 0 Å². The van der Waals surface area contributed by atoms with Crippen molar-refractivity contribution in [2.45, 2.75) is 22.3 Å². The molecule has 0 amide bonds. The van der Waals surface area contributed by atoms with Crippen LogP contribution < -0.4 is 0 Å². The maximum Gasteiger partial charge on any atom is 0.294 e. The minimum absolute atomic E-state index is 0.0114. The highest BCUT2D eigenvalue weighted by Crippen LogP contribution is 2.42. The number of aliphatic hydroxyl groups excluding tert-OH is 1. The van der Waals surface area contributed by atoms with Gasteiger partial charge in [0, 0.05) is 17.1 Å². The second-order valence-corrected chi connectivity index (χ2v) is 6.48. The number of halogens is 1. The van der Waals surface area contributed by atoms with Gasteiger partial charge < -0.3 is 5.11 Å². The lowest BCUT2D eigenvalue weighted by atomic mass is 10.3. The molecule has 0 unspecified atom stereocenters. The van der Waals surface area contributed by atoms with Crippen LogP contribution in [0.2, 0.25) is 5.02 Å². The number of rotatable bonds is 4. The average molecular weight is 317 g/mol. The van der Waals surface area contributed by atoms with E-state index in [0.29, 0.717) is 19.1 Å². The molecule has 0 bridgehead atoms. The molecule has 0 saturated carbocycles. The Bertz CT molecular complexity index is 598. The molecule has 0 aliphatic heterocycles. The fraction of sp³-hybridized carbons (Fsp3) is 0.182. The fourth-order valence-corrected chi connectivity index (χ4v) is 3.59. The van der Waals surface area contributed by atoms with E-state index in [0.717, 1.165) is 0 Å². The lowest BCUT2D eigenvalue weighted by Gasteiger charge is -1.98. The summed E-state index contributed by atoms with van der Waals surface area (Å²) in [6.45, 7) is 1.57. The highest BCUT2D eigenvalue weighted by atomic mass is 35.5. The van der Waals surface area contributed by atoms with Gasteiger partial charge >= 0.3 is 0 Å². The zero-order chi connectivity index (χ0) is 14.0. The Balaban J connectivity index is 2.33. The number of aromatic nitrogens is 1. The fourth-order valence-electron chi connectivity index (χ4n) is 1.31. The number of pyridine rings is 1. The van der Waals surface area contributed by atoms with Gasteiger partial charge in [-0.25, -0.2) is 4.98 Å². The molecule has 0 spiro atoms.